The molecule has 6 nitrogen and oxygen atoms in total. The standard InChI is InChI=1S/C22H20N4O2/c27-22(28)14-10-11-20-18(12-14)25-21(26(20)15-6-2-1-3-7-15)19-13-23-16-8-4-5-9-17(16)24-19/h4-5,8-13,15H,1-3,6-7H2,(H,27,28). The molecule has 4 aromatic rings. The highest BCUT2D eigenvalue weighted by Crippen LogP contribution is 2.35. The average molecular weight is 372 g/mol. The molecular weight excluding hydrogens is 352 g/mol. The SMILES string of the molecule is O=C(O)c1ccc2c(c1)nc(-c1cnc3ccccc3n1)n2C1CCCCC1. The number of rotatable bonds is 3. The summed E-state index contributed by atoms with van der Waals surface area (Å²) in [5.74, 6) is -0.177. The molecule has 140 valence electrons. The van der Waals surface area contributed by atoms with Gasteiger partial charge in [0.05, 0.1) is 33.8 Å². The van der Waals surface area contributed by atoms with Crippen LogP contribution in [-0.2, 0) is 0 Å². The molecule has 0 radical (unpaired) electrons. The molecule has 0 atom stereocenters. The summed E-state index contributed by atoms with van der Waals surface area (Å²) in [7, 11) is 0. The molecule has 1 aliphatic rings. The third-order valence-corrected chi connectivity index (χ3v) is 5.55. The predicted octanol–water partition coefficient (Wildman–Crippen LogP) is 4.85. The van der Waals surface area contributed by atoms with Gasteiger partial charge < -0.3 is 9.67 Å². The quantitative estimate of drug-likeness (QED) is 0.556. The van der Waals surface area contributed by atoms with E-state index >= 15 is 0 Å². The first kappa shape index (κ1) is 16.9. The molecule has 0 saturated heterocycles. The van der Waals surface area contributed by atoms with Crippen LogP contribution in [0.5, 0.6) is 0 Å². The zero-order chi connectivity index (χ0) is 19.1. The van der Waals surface area contributed by atoms with Gasteiger partial charge >= 0.3 is 5.97 Å². The van der Waals surface area contributed by atoms with E-state index in [1.165, 1.54) is 19.3 Å². The molecule has 1 saturated carbocycles. The van der Waals surface area contributed by atoms with Gasteiger partial charge in [-0.3, -0.25) is 4.98 Å². The van der Waals surface area contributed by atoms with E-state index in [0.717, 1.165) is 40.9 Å². The number of carboxylic acid groups (broad SMARTS) is 1. The monoisotopic (exact) mass is 372 g/mol. The van der Waals surface area contributed by atoms with Gasteiger partial charge in [-0.05, 0) is 43.2 Å². The molecule has 6 heteroatoms. The lowest BCUT2D eigenvalue weighted by Gasteiger charge is -2.25. The topological polar surface area (TPSA) is 80.9 Å². The minimum Gasteiger partial charge on any atom is -0.478 e. The first-order chi connectivity index (χ1) is 13.7. The highest BCUT2D eigenvalue weighted by molar-refractivity contribution is 5.93. The van der Waals surface area contributed by atoms with Crippen LogP contribution in [0.25, 0.3) is 33.6 Å². The van der Waals surface area contributed by atoms with E-state index in [2.05, 4.69) is 9.55 Å². The van der Waals surface area contributed by atoms with Gasteiger partial charge in [-0.1, -0.05) is 31.4 Å². The molecule has 1 fully saturated rings. The Morgan fingerprint density at radius 2 is 1.75 bits per heavy atom. The van der Waals surface area contributed by atoms with Crippen molar-refractivity contribution in [2.24, 2.45) is 0 Å². The summed E-state index contributed by atoms with van der Waals surface area (Å²) < 4.78 is 2.25. The summed E-state index contributed by atoms with van der Waals surface area (Å²) in [6.45, 7) is 0. The first-order valence-electron chi connectivity index (χ1n) is 9.68. The number of para-hydroxylation sites is 2. The van der Waals surface area contributed by atoms with Crippen molar-refractivity contribution in [2.45, 2.75) is 38.1 Å². The van der Waals surface area contributed by atoms with E-state index in [4.69, 9.17) is 9.97 Å². The molecular formula is C22H20N4O2. The van der Waals surface area contributed by atoms with Crippen LogP contribution in [0.2, 0.25) is 0 Å². The zero-order valence-electron chi connectivity index (χ0n) is 15.4. The summed E-state index contributed by atoms with van der Waals surface area (Å²) in [6, 6.07) is 13.3. The number of hydrogen-bond donors (Lipinski definition) is 1. The Morgan fingerprint density at radius 3 is 2.54 bits per heavy atom. The molecule has 0 aliphatic heterocycles. The van der Waals surface area contributed by atoms with Gasteiger partial charge in [0.25, 0.3) is 0 Å². The van der Waals surface area contributed by atoms with Crippen LogP contribution < -0.4 is 0 Å². The van der Waals surface area contributed by atoms with Crippen LogP contribution in [0.4, 0.5) is 0 Å². The van der Waals surface area contributed by atoms with E-state index in [-0.39, 0.29) is 5.56 Å². The Balaban J connectivity index is 1.73. The van der Waals surface area contributed by atoms with Gasteiger partial charge in [-0.15, -0.1) is 0 Å². The molecule has 1 aliphatic carbocycles. The van der Waals surface area contributed by atoms with Crippen molar-refractivity contribution in [1.82, 2.24) is 19.5 Å². The largest absolute Gasteiger partial charge is 0.478 e. The summed E-state index contributed by atoms with van der Waals surface area (Å²) in [5.41, 5.74) is 4.29. The summed E-state index contributed by atoms with van der Waals surface area (Å²) in [5, 5.41) is 9.35. The van der Waals surface area contributed by atoms with Crippen LogP contribution in [0, 0.1) is 0 Å². The fourth-order valence-corrected chi connectivity index (χ4v) is 4.19. The smallest absolute Gasteiger partial charge is 0.335 e. The van der Waals surface area contributed by atoms with Crippen molar-refractivity contribution < 1.29 is 9.90 Å². The molecule has 2 aromatic carbocycles. The van der Waals surface area contributed by atoms with Crippen LogP contribution >= 0.6 is 0 Å². The minimum absolute atomic E-state index is 0.247. The number of hydrogen-bond acceptors (Lipinski definition) is 4. The van der Waals surface area contributed by atoms with E-state index in [9.17, 15) is 9.90 Å². The van der Waals surface area contributed by atoms with Crippen molar-refractivity contribution in [3.05, 3.63) is 54.2 Å². The molecule has 0 amide bonds. The van der Waals surface area contributed by atoms with Gasteiger partial charge in [-0.25, -0.2) is 14.8 Å². The lowest BCUT2D eigenvalue weighted by molar-refractivity contribution is 0.0697. The highest BCUT2D eigenvalue weighted by atomic mass is 16.4. The fourth-order valence-electron chi connectivity index (χ4n) is 4.19. The third kappa shape index (κ3) is 2.81. The third-order valence-electron chi connectivity index (χ3n) is 5.55. The Hall–Kier alpha value is -3.28. The highest BCUT2D eigenvalue weighted by Gasteiger charge is 2.23. The summed E-state index contributed by atoms with van der Waals surface area (Å²) >= 11 is 0. The molecule has 1 N–H and O–H groups in total. The van der Waals surface area contributed by atoms with Gasteiger partial charge in [0.1, 0.15) is 5.69 Å². The zero-order valence-corrected chi connectivity index (χ0v) is 15.4. The van der Waals surface area contributed by atoms with Crippen molar-refractivity contribution in [2.75, 3.05) is 0 Å². The predicted molar refractivity (Wildman–Crippen MR) is 107 cm³/mol. The molecule has 2 aromatic heterocycles. The lowest BCUT2D eigenvalue weighted by atomic mass is 9.95. The molecule has 0 unspecified atom stereocenters. The number of nitrogens with zero attached hydrogens (tertiary/aromatic N) is 4. The molecule has 0 bridgehead atoms. The molecule has 0 spiro atoms. The summed E-state index contributed by atoms with van der Waals surface area (Å²) in [6.07, 6.45) is 7.61. The number of imidazole rings is 1. The Bertz CT molecular complexity index is 1190. The van der Waals surface area contributed by atoms with Crippen LogP contribution in [-0.4, -0.2) is 30.6 Å². The number of aromatic nitrogens is 4. The Labute approximate surface area is 161 Å². The van der Waals surface area contributed by atoms with Crippen molar-refractivity contribution in [1.29, 1.82) is 0 Å². The van der Waals surface area contributed by atoms with E-state index in [1.807, 2.05) is 30.3 Å². The minimum atomic E-state index is -0.943. The van der Waals surface area contributed by atoms with Crippen LogP contribution in [0.15, 0.2) is 48.7 Å². The average Bonchev–Trinajstić information content (AvgIpc) is 3.12. The fraction of sp³-hybridized carbons (Fsp3) is 0.273. The van der Waals surface area contributed by atoms with Gasteiger partial charge in [0, 0.05) is 6.04 Å². The van der Waals surface area contributed by atoms with Gasteiger partial charge in [0.15, 0.2) is 5.82 Å². The number of fused-ring (bicyclic) bond motifs is 2. The Kier molecular flexibility index (Phi) is 4.04. The molecule has 28 heavy (non-hydrogen) atoms. The maximum Gasteiger partial charge on any atom is 0.335 e. The van der Waals surface area contributed by atoms with Gasteiger partial charge in [-0.2, -0.15) is 0 Å². The Morgan fingerprint density at radius 1 is 0.964 bits per heavy atom. The van der Waals surface area contributed by atoms with Crippen molar-refractivity contribution in [3.8, 4) is 11.5 Å². The van der Waals surface area contributed by atoms with E-state index in [1.54, 1.807) is 18.3 Å². The number of aromatic carboxylic acids is 1. The lowest BCUT2D eigenvalue weighted by Crippen LogP contribution is -2.14. The van der Waals surface area contributed by atoms with Crippen LogP contribution in [0.1, 0.15) is 48.5 Å². The van der Waals surface area contributed by atoms with Crippen molar-refractivity contribution in [3.63, 3.8) is 0 Å². The molecule has 2 heterocycles. The second kappa shape index (κ2) is 6.71. The second-order valence-corrected chi connectivity index (χ2v) is 7.35. The van der Waals surface area contributed by atoms with Crippen LogP contribution in [0.3, 0.4) is 0 Å². The number of benzene rings is 2. The van der Waals surface area contributed by atoms with E-state index in [0.29, 0.717) is 11.6 Å². The first-order valence-corrected chi connectivity index (χ1v) is 9.68. The summed E-state index contributed by atoms with van der Waals surface area (Å²) in [4.78, 5) is 25.5. The number of carbonyl (C=O) groups is 1. The normalized spacial score (nSPS) is 15.3. The molecule has 5 rings (SSSR count). The maximum absolute atomic E-state index is 11.4. The van der Waals surface area contributed by atoms with Crippen molar-refractivity contribution >= 4 is 28.0 Å². The number of carboxylic acids is 1. The maximum atomic E-state index is 11.4. The van der Waals surface area contributed by atoms with Gasteiger partial charge in [0.2, 0.25) is 0 Å². The van der Waals surface area contributed by atoms with E-state index < -0.39 is 5.97 Å². The second-order valence-electron chi connectivity index (χ2n) is 7.35.